The number of carbonyl (C=O) groups excluding carboxylic acids is 2. The van der Waals surface area contributed by atoms with Crippen molar-refractivity contribution in [3.63, 3.8) is 0 Å². The molecular formula is C12H19N3O2S2. The van der Waals surface area contributed by atoms with E-state index in [0.29, 0.717) is 5.25 Å². The van der Waals surface area contributed by atoms with Gasteiger partial charge in [0.2, 0.25) is 0 Å². The smallest absolute Gasteiger partial charge is 0.323 e. The van der Waals surface area contributed by atoms with Gasteiger partial charge in [-0.2, -0.15) is 0 Å². The van der Waals surface area contributed by atoms with E-state index in [2.05, 4.69) is 10.2 Å². The molecule has 0 aliphatic carbocycles. The van der Waals surface area contributed by atoms with E-state index in [4.69, 9.17) is 0 Å². The van der Waals surface area contributed by atoms with Gasteiger partial charge in [-0.15, -0.1) is 0 Å². The van der Waals surface area contributed by atoms with Crippen molar-refractivity contribution in [3.8, 4) is 0 Å². The van der Waals surface area contributed by atoms with Crippen LogP contribution < -0.4 is 5.32 Å². The predicted octanol–water partition coefficient (Wildman–Crippen LogP) is 1.87. The van der Waals surface area contributed by atoms with E-state index in [1.54, 1.807) is 23.6 Å². The normalized spacial score (nSPS) is 23.8. The van der Waals surface area contributed by atoms with Crippen molar-refractivity contribution < 1.29 is 9.59 Å². The van der Waals surface area contributed by atoms with Crippen LogP contribution in [0.4, 0.5) is 4.79 Å². The summed E-state index contributed by atoms with van der Waals surface area (Å²) in [5, 5.41) is 5.37. The molecule has 1 fully saturated rings. The number of likely N-dealkylation sites (tertiary alicyclic amines) is 1. The SMILES string of the molecule is CC(=O)SC1CN(C2SC=CN2C(=O)NC(C)C)C1. The minimum atomic E-state index is -0.0658. The summed E-state index contributed by atoms with van der Waals surface area (Å²) in [6, 6.07) is 0.0634. The molecule has 1 saturated heterocycles. The van der Waals surface area contributed by atoms with Crippen molar-refractivity contribution in [1.29, 1.82) is 0 Å². The van der Waals surface area contributed by atoms with Gasteiger partial charge in [0.15, 0.2) is 5.12 Å². The first-order valence-corrected chi connectivity index (χ1v) is 8.12. The predicted molar refractivity (Wildman–Crippen MR) is 79.7 cm³/mol. The van der Waals surface area contributed by atoms with Gasteiger partial charge < -0.3 is 5.32 Å². The molecule has 1 unspecified atom stereocenters. The number of nitrogens with zero attached hydrogens (tertiary/aromatic N) is 2. The third-order valence-corrected chi connectivity index (χ3v) is 4.84. The lowest BCUT2D eigenvalue weighted by Crippen LogP contribution is -2.59. The van der Waals surface area contributed by atoms with E-state index in [1.165, 1.54) is 11.8 Å². The van der Waals surface area contributed by atoms with E-state index in [-0.39, 0.29) is 22.7 Å². The number of carbonyl (C=O) groups is 2. The van der Waals surface area contributed by atoms with Crippen LogP contribution in [0.1, 0.15) is 20.8 Å². The van der Waals surface area contributed by atoms with E-state index in [0.717, 1.165) is 13.1 Å². The van der Waals surface area contributed by atoms with Crippen LogP contribution >= 0.6 is 23.5 Å². The molecule has 0 aromatic rings. The van der Waals surface area contributed by atoms with Gasteiger partial charge in [-0.05, 0) is 19.3 Å². The maximum Gasteiger partial charge on any atom is 0.323 e. The summed E-state index contributed by atoms with van der Waals surface area (Å²) in [5.41, 5.74) is 0.0301. The van der Waals surface area contributed by atoms with Crippen LogP contribution in [0.5, 0.6) is 0 Å². The zero-order valence-corrected chi connectivity index (χ0v) is 13.0. The van der Waals surface area contributed by atoms with Crippen LogP contribution in [0, 0.1) is 0 Å². The Labute approximate surface area is 122 Å². The molecule has 2 rings (SSSR count). The van der Waals surface area contributed by atoms with Gasteiger partial charge in [0.1, 0.15) is 5.50 Å². The molecular weight excluding hydrogens is 282 g/mol. The van der Waals surface area contributed by atoms with Gasteiger partial charge in [0.05, 0.1) is 0 Å². The fourth-order valence-corrected chi connectivity index (χ4v) is 4.01. The second kappa shape index (κ2) is 6.19. The highest BCUT2D eigenvalue weighted by Crippen LogP contribution is 2.34. The first-order chi connectivity index (χ1) is 8.97. The molecule has 2 aliphatic heterocycles. The van der Waals surface area contributed by atoms with Gasteiger partial charge in [-0.25, -0.2) is 4.79 Å². The Kier molecular flexibility index (Phi) is 4.81. The summed E-state index contributed by atoms with van der Waals surface area (Å²) in [7, 11) is 0. The van der Waals surface area contributed by atoms with Crippen molar-refractivity contribution in [2.75, 3.05) is 13.1 Å². The highest BCUT2D eigenvalue weighted by atomic mass is 32.2. The lowest BCUT2D eigenvalue weighted by Gasteiger charge is -2.44. The van der Waals surface area contributed by atoms with Crippen LogP contribution in [0.3, 0.4) is 0 Å². The lowest BCUT2D eigenvalue weighted by atomic mass is 10.2. The number of urea groups is 1. The van der Waals surface area contributed by atoms with Crippen molar-refractivity contribution >= 4 is 34.7 Å². The number of nitrogens with one attached hydrogen (secondary N) is 1. The molecule has 1 atom stereocenters. The van der Waals surface area contributed by atoms with Crippen molar-refractivity contribution in [2.45, 2.75) is 37.6 Å². The van der Waals surface area contributed by atoms with Gasteiger partial charge in [0, 0.05) is 37.5 Å². The van der Waals surface area contributed by atoms with Crippen molar-refractivity contribution in [3.05, 3.63) is 11.6 Å². The minimum absolute atomic E-state index is 0.0301. The second-order valence-corrected chi connectivity index (χ2v) is 7.39. The minimum Gasteiger partial charge on any atom is -0.335 e. The fraction of sp³-hybridized carbons (Fsp3) is 0.667. The number of amides is 2. The molecule has 0 spiro atoms. The number of hydrogen-bond donors (Lipinski definition) is 1. The maximum atomic E-state index is 12.0. The Bertz CT molecular complexity index is 394. The summed E-state index contributed by atoms with van der Waals surface area (Å²) in [4.78, 5) is 27.0. The molecule has 0 bridgehead atoms. The van der Waals surface area contributed by atoms with Gasteiger partial charge in [-0.3, -0.25) is 14.6 Å². The molecule has 106 valence electrons. The molecule has 7 heteroatoms. The largest absolute Gasteiger partial charge is 0.335 e. The fourth-order valence-electron chi connectivity index (χ4n) is 2.02. The van der Waals surface area contributed by atoms with E-state index in [9.17, 15) is 9.59 Å². The topological polar surface area (TPSA) is 52.7 Å². The Morgan fingerprint density at radius 3 is 2.68 bits per heavy atom. The lowest BCUT2D eigenvalue weighted by molar-refractivity contribution is -0.109. The zero-order chi connectivity index (χ0) is 14.0. The Hall–Kier alpha value is -0.660. The third-order valence-electron chi connectivity index (χ3n) is 2.83. The zero-order valence-electron chi connectivity index (χ0n) is 11.3. The standard InChI is InChI=1S/C12H19N3O2S2/c1-8(2)13-11(17)15-4-5-18-12(15)14-6-10(7-14)19-9(3)16/h4-5,8,10,12H,6-7H2,1-3H3,(H,13,17). The summed E-state index contributed by atoms with van der Waals surface area (Å²) in [6.45, 7) is 7.21. The second-order valence-electron chi connectivity index (χ2n) is 4.94. The number of hydrogen-bond acceptors (Lipinski definition) is 5. The highest BCUT2D eigenvalue weighted by molar-refractivity contribution is 8.14. The summed E-state index contributed by atoms with van der Waals surface area (Å²) >= 11 is 3.02. The van der Waals surface area contributed by atoms with Crippen molar-refractivity contribution in [1.82, 2.24) is 15.1 Å². The molecule has 0 aromatic carbocycles. The Morgan fingerprint density at radius 1 is 1.42 bits per heavy atom. The van der Waals surface area contributed by atoms with Crippen LogP contribution in [0.2, 0.25) is 0 Å². The molecule has 0 saturated carbocycles. The first-order valence-electron chi connectivity index (χ1n) is 6.29. The molecule has 0 radical (unpaired) electrons. The van der Waals surface area contributed by atoms with Crippen LogP contribution in [0.15, 0.2) is 11.6 Å². The Balaban J connectivity index is 1.85. The molecule has 2 heterocycles. The van der Waals surface area contributed by atoms with Gasteiger partial charge in [-0.1, -0.05) is 23.5 Å². The first kappa shape index (κ1) is 14.7. The molecule has 2 aliphatic rings. The van der Waals surface area contributed by atoms with E-state index < -0.39 is 0 Å². The monoisotopic (exact) mass is 301 g/mol. The van der Waals surface area contributed by atoms with Crippen molar-refractivity contribution in [2.24, 2.45) is 0 Å². The summed E-state index contributed by atoms with van der Waals surface area (Å²) < 4.78 is 0. The average Bonchev–Trinajstić information content (AvgIpc) is 2.69. The molecule has 5 nitrogen and oxygen atoms in total. The van der Waals surface area contributed by atoms with E-state index >= 15 is 0 Å². The maximum absolute atomic E-state index is 12.0. The average molecular weight is 301 g/mol. The quantitative estimate of drug-likeness (QED) is 0.862. The number of thioether (sulfide) groups is 2. The molecule has 1 N–H and O–H groups in total. The van der Waals surface area contributed by atoms with Crippen LogP contribution in [0.25, 0.3) is 0 Å². The third kappa shape index (κ3) is 3.67. The molecule has 0 aromatic heterocycles. The highest BCUT2D eigenvalue weighted by Gasteiger charge is 2.39. The van der Waals surface area contributed by atoms with Crippen LogP contribution in [-0.2, 0) is 4.79 Å². The molecule has 19 heavy (non-hydrogen) atoms. The molecule has 2 amide bonds. The van der Waals surface area contributed by atoms with Gasteiger partial charge in [0.25, 0.3) is 0 Å². The van der Waals surface area contributed by atoms with Crippen LogP contribution in [-0.4, -0.2) is 50.8 Å². The van der Waals surface area contributed by atoms with Gasteiger partial charge >= 0.3 is 6.03 Å². The number of rotatable bonds is 3. The summed E-state index contributed by atoms with van der Waals surface area (Å²) in [5.74, 6) is 0. The summed E-state index contributed by atoms with van der Waals surface area (Å²) in [6.07, 6.45) is 1.82. The Morgan fingerprint density at radius 2 is 2.11 bits per heavy atom. The van der Waals surface area contributed by atoms with E-state index in [1.807, 2.05) is 25.5 Å².